The first kappa shape index (κ1) is 26.2. The predicted molar refractivity (Wildman–Crippen MR) is 114 cm³/mol. The smallest absolute Gasteiger partial charge is 0.325 e. The van der Waals surface area contributed by atoms with Crippen LogP contribution in [0.5, 0.6) is 0 Å². The van der Waals surface area contributed by atoms with Gasteiger partial charge in [0.1, 0.15) is 17.7 Å². The molecule has 0 bridgehead atoms. The molecule has 0 radical (unpaired) electrons. The molecular formula is C21H34N7O3+. The van der Waals surface area contributed by atoms with Crippen LogP contribution in [-0.2, 0) is 22.7 Å². The number of nitrogens with zero attached hydrogens (tertiary/aromatic N) is 4. The van der Waals surface area contributed by atoms with Gasteiger partial charge in [-0.2, -0.15) is 9.94 Å². The first-order chi connectivity index (χ1) is 14.3. The summed E-state index contributed by atoms with van der Waals surface area (Å²) in [5, 5.41) is 35.0. The van der Waals surface area contributed by atoms with Crippen LogP contribution < -0.4 is 15.3 Å². The van der Waals surface area contributed by atoms with Crippen molar-refractivity contribution in [3.05, 3.63) is 41.7 Å². The Balaban J connectivity index is 0.00000480. The van der Waals surface area contributed by atoms with Gasteiger partial charge in [-0.25, -0.2) is 0 Å². The second kappa shape index (κ2) is 12.7. The number of aryl methyl sites for hydroxylation is 1. The molecule has 1 heterocycles. The number of tetrazole rings is 1. The van der Waals surface area contributed by atoms with Crippen molar-refractivity contribution >= 4 is 5.91 Å². The molecule has 0 aliphatic heterocycles. The maximum Gasteiger partial charge on any atom is 0.325 e. The molecule has 31 heavy (non-hydrogen) atoms. The highest BCUT2D eigenvalue weighted by molar-refractivity contribution is 5.85. The molecule has 0 saturated heterocycles. The molecule has 4 N–H and O–H groups in total. The predicted octanol–water partition coefficient (Wildman–Crippen LogP) is 0.765. The average molecular weight is 433 g/mol. The van der Waals surface area contributed by atoms with Crippen LogP contribution in [0, 0.1) is 11.3 Å². The fourth-order valence-electron chi connectivity index (χ4n) is 2.69. The molecule has 0 saturated carbocycles. The summed E-state index contributed by atoms with van der Waals surface area (Å²) in [6, 6.07) is 11.2. The Labute approximate surface area is 183 Å². The number of carbonyl (C=O) groups is 1. The first-order valence-electron chi connectivity index (χ1n) is 9.87. The number of rotatable bonds is 12. The number of nitrogens with one attached hydrogen (secondary N) is 3. The van der Waals surface area contributed by atoms with Crippen molar-refractivity contribution in [1.82, 2.24) is 26.2 Å². The number of β-amino-alcohol motifs (C(OH)–C–C–N with tert-alkyl or cyclic N) is 1. The fourth-order valence-corrected chi connectivity index (χ4v) is 2.69. The molecule has 0 aliphatic rings. The normalized spacial score (nSPS) is 13.0. The minimum Gasteiger partial charge on any atom is -0.392 e. The third-order valence-electron chi connectivity index (χ3n) is 4.46. The van der Waals surface area contributed by atoms with Gasteiger partial charge < -0.3 is 20.5 Å². The number of ether oxygens (including phenoxy) is 1. The first-order valence-corrected chi connectivity index (χ1v) is 9.87. The molecule has 1 aromatic heterocycles. The van der Waals surface area contributed by atoms with E-state index >= 15 is 0 Å². The second-order valence-corrected chi connectivity index (χ2v) is 7.60. The van der Waals surface area contributed by atoms with E-state index in [1.807, 2.05) is 30.3 Å². The number of amides is 1. The van der Waals surface area contributed by atoms with Gasteiger partial charge in [0.2, 0.25) is 5.91 Å². The number of carbonyl (C=O) groups excluding carboxylic acids is 1. The van der Waals surface area contributed by atoms with Crippen molar-refractivity contribution in [1.29, 1.82) is 5.26 Å². The molecule has 1 aromatic carbocycles. The summed E-state index contributed by atoms with van der Waals surface area (Å²) in [6.07, 6.45) is -0.306. The maximum absolute atomic E-state index is 12.9. The van der Waals surface area contributed by atoms with E-state index in [4.69, 9.17) is 10.00 Å². The number of aliphatic hydroxyl groups is 1. The molecule has 10 heteroatoms. The number of aromatic nitrogens is 4. The highest BCUT2D eigenvalue weighted by atomic mass is 16.5. The minimum atomic E-state index is -0.921. The van der Waals surface area contributed by atoms with E-state index in [0.29, 0.717) is 19.0 Å². The third-order valence-corrected chi connectivity index (χ3v) is 4.46. The number of hydrogen-bond acceptors (Lipinski definition) is 7. The van der Waals surface area contributed by atoms with Gasteiger partial charge in [-0.05, 0) is 26.3 Å². The molecule has 2 rings (SSSR count). The van der Waals surface area contributed by atoms with Gasteiger partial charge in [0.15, 0.2) is 5.21 Å². The van der Waals surface area contributed by atoms with Gasteiger partial charge in [-0.15, -0.1) is 0 Å². The lowest BCUT2D eigenvalue weighted by molar-refractivity contribution is -0.761. The molecule has 1 amide bonds. The Morgan fingerprint density at radius 1 is 1.39 bits per heavy atom. The van der Waals surface area contributed by atoms with E-state index in [1.165, 1.54) is 0 Å². The maximum atomic E-state index is 12.9. The van der Waals surface area contributed by atoms with Crippen molar-refractivity contribution in [3.8, 4) is 6.07 Å². The van der Waals surface area contributed by atoms with Crippen molar-refractivity contribution in [2.75, 3.05) is 13.2 Å². The zero-order valence-electron chi connectivity index (χ0n) is 17.6. The van der Waals surface area contributed by atoms with Crippen molar-refractivity contribution in [2.24, 2.45) is 0 Å². The number of benzene rings is 1. The van der Waals surface area contributed by atoms with Crippen LogP contribution in [0.3, 0.4) is 0 Å². The summed E-state index contributed by atoms with van der Waals surface area (Å²) < 4.78 is 7.46. The Bertz CT molecular complexity index is 831. The molecular weight excluding hydrogens is 398 g/mol. The lowest BCUT2D eigenvalue weighted by atomic mass is 10.0. The van der Waals surface area contributed by atoms with Crippen molar-refractivity contribution < 1.29 is 19.3 Å². The van der Waals surface area contributed by atoms with E-state index in [-0.39, 0.29) is 32.9 Å². The largest absolute Gasteiger partial charge is 0.392 e. The molecule has 0 fully saturated rings. The number of hydrogen-bond donors (Lipinski definition) is 4. The molecule has 170 valence electrons. The standard InChI is InChI=1S/C20H29N7O3.CH4/c1-15(28)12-22-20(2,3)19(29)23-17(14-30-13-16-8-5-4-6-9-16)18-24-25-26-27(18)11-7-10-21;/h4-6,8-9,15,17,22,28H,7,11-14H2,1-3H3,(H,23,29);1H4/p+1/t15-,17-;/m1./s1. The Hall–Kier alpha value is -2.87. The van der Waals surface area contributed by atoms with Crippen LogP contribution in [-0.4, -0.2) is 51.3 Å². The van der Waals surface area contributed by atoms with Crippen LogP contribution in [0.25, 0.3) is 0 Å². The van der Waals surface area contributed by atoms with Crippen molar-refractivity contribution in [2.45, 2.75) is 65.5 Å². The SMILES string of the molecule is C.C[C@@H](O)CNC(C)(C)C(=O)N[C@H](COCc1ccccc1)c1nn[nH][n+]1CCC#N. The lowest BCUT2D eigenvalue weighted by Gasteiger charge is -2.27. The molecule has 2 atom stereocenters. The number of H-pyrrole nitrogens is 1. The van der Waals surface area contributed by atoms with Gasteiger partial charge >= 0.3 is 5.82 Å². The number of aliphatic hydroxyl groups excluding tert-OH is 1. The number of nitriles is 1. The quantitative estimate of drug-likeness (QED) is 0.363. The Morgan fingerprint density at radius 2 is 2.10 bits per heavy atom. The van der Waals surface area contributed by atoms with Gasteiger partial charge in [-0.1, -0.05) is 43.0 Å². The topological polar surface area (TPSA) is 140 Å². The summed E-state index contributed by atoms with van der Waals surface area (Å²) in [5.41, 5.74) is 0.0922. The molecule has 0 unspecified atom stereocenters. The minimum absolute atomic E-state index is 0. The highest BCUT2D eigenvalue weighted by Crippen LogP contribution is 2.12. The molecule has 0 aliphatic carbocycles. The average Bonchev–Trinajstić information content (AvgIpc) is 3.19. The van der Waals surface area contributed by atoms with Crippen molar-refractivity contribution in [3.63, 3.8) is 0 Å². The van der Waals surface area contributed by atoms with Gasteiger partial charge in [-0.3, -0.25) is 4.79 Å². The zero-order chi connectivity index (χ0) is 22.0. The molecule has 10 nitrogen and oxygen atoms in total. The van der Waals surface area contributed by atoms with Gasteiger partial charge in [0.05, 0.1) is 37.3 Å². The van der Waals surface area contributed by atoms with Crippen LogP contribution in [0.15, 0.2) is 30.3 Å². The van der Waals surface area contributed by atoms with E-state index < -0.39 is 17.7 Å². The van der Waals surface area contributed by atoms with Crippen LogP contribution in [0.2, 0.25) is 0 Å². The second-order valence-electron chi connectivity index (χ2n) is 7.60. The van der Waals surface area contributed by atoms with Crippen LogP contribution in [0.4, 0.5) is 0 Å². The monoisotopic (exact) mass is 432 g/mol. The molecule has 2 aromatic rings. The van der Waals surface area contributed by atoms with Crippen LogP contribution >= 0.6 is 0 Å². The Kier molecular flexibility index (Phi) is 10.8. The summed E-state index contributed by atoms with van der Waals surface area (Å²) in [6.45, 7) is 6.32. The van der Waals surface area contributed by atoms with E-state index in [0.717, 1.165) is 5.56 Å². The molecule has 0 spiro atoms. The third kappa shape index (κ3) is 8.41. The van der Waals surface area contributed by atoms with E-state index in [9.17, 15) is 9.90 Å². The summed E-state index contributed by atoms with van der Waals surface area (Å²) >= 11 is 0. The van der Waals surface area contributed by atoms with Crippen LogP contribution in [0.1, 0.15) is 52.0 Å². The highest BCUT2D eigenvalue weighted by Gasteiger charge is 2.34. The number of aromatic amines is 1. The zero-order valence-corrected chi connectivity index (χ0v) is 17.6. The Morgan fingerprint density at radius 3 is 2.74 bits per heavy atom. The van der Waals surface area contributed by atoms with E-state index in [1.54, 1.807) is 25.5 Å². The van der Waals surface area contributed by atoms with Gasteiger partial charge in [0, 0.05) is 6.54 Å². The fraction of sp³-hybridized carbons (Fsp3) is 0.571. The summed E-state index contributed by atoms with van der Waals surface area (Å²) in [5.74, 6) is 0.198. The van der Waals surface area contributed by atoms with E-state index in [2.05, 4.69) is 32.2 Å². The summed E-state index contributed by atoms with van der Waals surface area (Å²) in [4.78, 5) is 12.9. The van der Waals surface area contributed by atoms with Gasteiger partial charge in [0.25, 0.3) is 0 Å². The summed E-state index contributed by atoms with van der Waals surface area (Å²) in [7, 11) is 0. The lowest BCUT2D eigenvalue weighted by Crippen LogP contribution is -2.56.